The first-order chi connectivity index (χ1) is 15.2. The number of carbonyl (C=O) groups excluding carboxylic acids is 1. The Kier molecular flexibility index (Phi) is 6.48. The van der Waals surface area contributed by atoms with Crippen molar-refractivity contribution in [3.8, 4) is 0 Å². The fourth-order valence-corrected chi connectivity index (χ4v) is 2.72. The highest BCUT2D eigenvalue weighted by Crippen LogP contribution is 2.55. The molecular formula is C17H8F11N3O3. The molecule has 0 unspecified atom stereocenters. The molecule has 0 aliphatic carbocycles. The highest BCUT2D eigenvalue weighted by atomic mass is 19.4. The van der Waals surface area contributed by atoms with Crippen molar-refractivity contribution in [2.75, 3.05) is 11.1 Å². The van der Waals surface area contributed by atoms with Crippen molar-refractivity contribution in [3.63, 3.8) is 0 Å². The maximum absolute atomic E-state index is 14.3. The van der Waals surface area contributed by atoms with Crippen molar-refractivity contribution in [2.24, 2.45) is 0 Å². The summed E-state index contributed by atoms with van der Waals surface area (Å²) in [6.45, 7) is 0. The van der Waals surface area contributed by atoms with Crippen molar-refractivity contribution >= 4 is 23.0 Å². The summed E-state index contributed by atoms with van der Waals surface area (Å²) < 4.78 is 147. The molecule has 186 valence electrons. The van der Waals surface area contributed by atoms with E-state index in [1.807, 2.05) is 0 Å². The van der Waals surface area contributed by atoms with Crippen molar-refractivity contribution in [2.45, 2.75) is 24.2 Å². The zero-order valence-electron chi connectivity index (χ0n) is 15.8. The van der Waals surface area contributed by atoms with Crippen LogP contribution < -0.4 is 11.1 Å². The quantitative estimate of drug-likeness (QED) is 0.232. The second-order valence-corrected chi connectivity index (χ2v) is 6.49. The number of nitrogens with zero attached hydrogens (tertiary/aromatic N) is 1. The van der Waals surface area contributed by atoms with Gasteiger partial charge in [-0.2, -0.15) is 39.5 Å². The molecular weight excluding hydrogens is 503 g/mol. The van der Waals surface area contributed by atoms with Crippen molar-refractivity contribution < 1.29 is 58.0 Å². The lowest BCUT2D eigenvalue weighted by Crippen LogP contribution is -2.50. The molecule has 2 rings (SSSR count). The van der Waals surface area contributed by atoms with E-state index < -0.39 is 86.7 Å². The largest absolute Gasteiger partial charge is 0.435 e. The van der Waals surface area contributed by atoms with E-state index in [1.54, 1.807) is 0 Å². The Hall–Kier alpha value is -3.66. The van der Waals surface area contributed by atoms with Crippen LogP contribution in [0, 0.1) is 15.9 Å². The fraction of sp³-hybridized carbons (Fsp3) is 0.235. The second-order valence-electron chi connectivity index (χ2n) is 6.49. The van der Waals surface area contributed by atoms with Gasteiger partial charge in [0, 0.05) is 11.6 Å². The summed E-state index contributed by atoms with van der Waals surface area (Å²) in [4.78, 5) is 21.5. The maximum Gasteiger partial charge on any atom is 0.435 e. The molecule has 0 fully saturated rings. The first kappa shape index (κ1) is 26.6. The third-order valence-electron chi connectivity index (χ3n) is 4.31. The Labute approximate surface area is 180 Å². The monoisotopic (exact) mass is 511 g/mol. The highest BCUT2D eigenvalue weighted by molar-refractivity contribution is 6.06. The Bertz CT molecular complexity index is 1130. The van der Waals surface area contributed by atoms with E-state index in [1.165, 1.54) is 5.32 Å². The number of nitrogens with two attached hydrogens (primary N) is 1. The normalized spacial score (nSPS) is 13.0. The minimum Gasteiger partial charge on any atom is -0.396 e. The van der Waals surface area contributed by atoms with Gasteiger partial charge in [-0.05, 0) is 18.2 Å². The zero-order valence-corrected chi connectivity index (χ0v) is 15.8. The summed E-state index contributed by atoms with van der Waals surface area (Å²) >= 11 is 0. The Morgan fingerprint density at radius 2 is 1.47 bits per heavy atom. The van der Waals surface area contributed by atoms with Crippen LogP contribution in [0.1, 0.15) is 21.5 Å². The molecule has 17 heteroatoms. The van der Waals surface area contributed by atoms with E-state index >= 15 is 0 Å². The third kappa shape index (κ3) is 4.54. The molecule has 0 saturated heterocycles. The highest BCUT2D eigenvalue weighted by Gasteiger charge is 2.74. The van der Waals surface area contributed by atoms with Gasteiger partial charge in [0.2, 0.25) is 0 Å². The molecule has 34 heavy (non-hydrogen) atoms. The Morgan fingerprint density at radius 1 is 0.941 bits per heavy atom. The van der Waals surface area contributed by atoms with E-state index in [9.17, 15) is 63.2 Å². The zero-order chi connectivity index (χ0) is 26.4. The molecule has 0 spiro atoms. The molecule has 0 bridgehead atoms. The number of amides is 1. The number of halogens is 11. The molecule has 0 atom stereocenters. The molecule has 2 aromatic rings. The first-order valence-corrected chi connectivity index (χ1v) is 8.31. The lowest BCUT2D eigenvalue weighted by atomic mass is 9.91. The number of nitro benzene ring substituents is 1. The van der Waals surface area contributed by atoms with Gasteiger partial charge in [0.15, 0.2) is 5.82 Å². The molecule has 0 heterocycles. The van der Waals surface area contributed by atoms with Gasteiger partial charge in [0.25, 0.3) is 11.6 Å². The van der Waals surface area contributed by atoms with Crippen LogP contribution in [0.4, 0.5) is 65.4 Å². The fourth-order valence-electron chi connectivity index (χ4n) is 2.72. The molecule has 0 saturated carbocycles. The molecule has 0 aliphatic heterocycles. The SMILES string of the molecule is Nc1cccc(C(=O)Nc2c([N+](=O)[O-])cc(C(F)(C(F)(F)F)C(F)(F)F)cc2C(F)(F)F)c1F. The minimum atomic E-state index is -6.89. The molecule has 0 aromatic heterocycles. The number of nitrogens with one attached hydrogen (secondary N) is 1. The van der Waals surface area contributed by atoms with Crippen molar-refractivity contribution in [1.82, 2.24) is 0 Å². The summed E-state index contributed by atoms with van der Waals surface area (Å²) in [6, 6.07) is 0.772. The lowest BCUT2D eigenvalue weighted by molar-refractivity contribution is -0.384. The van der Waals surface area contributed by atoms with Crippen LogP contribution in [0.15, 0.2) is 30.3 Å². The number of hydrogen-bond donors (Lipinski definition) is 2. The summed E-state index contributed by atoms with van der Waals surface area (Å²) in [6.07, 6.45) is -19.7. The van der Waals surface area contributed by atoms with Gasteiger partial charge in [-0.1, -0.05) is 6.07 Å². The van der Waals surface area contributed by atoms with Crippen LogP contribution in [0.25, 0.3) is 0 Å². The standard InChI is InChI=1S/C17H8F11N3O3/c18-11-7(2-1-3-9(11)29)13(32)30-12-8(15(20,21)22)4-6(5-10(12)31(33)34)14(19,16(23,24)25)17(26,27)28/h1-5H,29H2,(H,30,32). The predicted molar refractivity (Wildman–Crippen MR) is 91.8 cm³/mol. The average molecular weight is 511 g/mol. The van der Waals surface area contributed by atoms with Crippen LogP contribution in [0.5, 0.6) is 0 Å². The number of nitro groups is 1. The van der Waals surface area contributed by atoms with E-state index in [0.29, 0.717) is 6.07 Å². The van der Waals surface area contributed by atoms with Gasteiger partial charge in [-0.3, -0.25) is 14.9 Å². The Balaban J connectivity index is 2.87. The summed E-state index contributed by atoms with van der Waals surface area (Å²) in [5, 5.41) is 12.5. The third-order valence-corrected chi connectivity index (χ3v) is 4.31. The van der Waals surface area contributed by atoms with Crippen LogP contribution in [-0.2, 0) is 11.8 Å². The second kappa shape index (κ2) is 8.28. The number of rotatable bonds is 4. The topological polar surface area (TPSA) is 98.3 Å². The van der Waals surface area contributed by atoms with Gasteiger partial charge in [-0.15, -0.1) is 0 Å². The molecule has 0 radical (unpaired) electrons. The summed E-state index contributed by atoms with van der Waals surface area (Å²) in [5.74, 6) is -3.32. The molecule has 3 N–H and O–H groups in total. The molecule has 6 nitrogen and oxygen atoms in total. The number of hydrogen-bond acceptors (Lipinski definition) is 4. The van der Waals surface area contributed by atoms with E-state index in [2.05, 4.69) is 0 Å². The van der Waals surface area contributed by atoms with Gasteiger partial charge < -0.3 is 11.1 Å². The van der Waals surface area contributed by atoms with Gasteiger partial charge in [0.05, 0.1) is 21.7 Å². The Morgan fingerprint density at radius 3 is 1.91 bits per heavy atom. The number of anilines is 2. The smallest absolute Gasteiger partial charge is 0.396 e. The first-order valence-electron chi connectivity index (χ1n) is 8.31. The van der Waals surface area contributed by atoms with Gasteiger partial charge in [-0.25, -0.2) is 8.78 Å². The lowest BCUT2D eigenvalue weighted by Gasteiger charge is -2.31. The van der Waals surface area contributed by atoms with E-state index in [-0.39, 0.29) is 0 Å². The van der Waals surface area contributed by atoms with Crippen LogP contribution in [0.3, 0.4) is 0 Å². The maximum atomic E-state index is 14.3. The van der Waals surface area contributed by atoms with Crippen molar-refractivity contribution in [1.29, 1.82) is 0 Å². The van der Waals surface area contributed by atoms with Crippen LogP contribution in [-0.4, -0.2) is 23.2 Å². The van der Waals surface area contributed by atoms with E-state index in [4.69, 9.17) is 5.73 Å². The number of carbonyl (C=O) groups is 1. The van der Waals surface area contributed by atoms with Crippen LogP contribution in [0.2, 0.25) is 0 Å². The summed E-state index contributed by atoms with van der Waals surface area (Å²) in [7, 11) is 0. The molecule has 2 aromatic carbocycles. The van der Waals surface area contributed by atoms with E-state index in [0.717, 1.165) is 12.1 Å². The predicted octanol–water partition coefficient (Wildman–Crippen LogP) is 5.88. The minimum absolute atomic E-state index is 0.661. The number of alkyl halides is 10. The van der Waals surface area contributed by atoms with Crippen molar-refractivity contribution in [3.05, 3.63) is 63.0 Å². The average Bonchev–Trinajstić information content (AvgIpc) is 2.66. The van der Waals surface area contributed by atoms with Gasteiger partial charge >= 0.3 is 24.2 Å². The number of nitrogen functional groups attached to an aromatic ring is 1. The molecule has 0 aliphatic rings. The molecule has 1 amide bonds. The van der Waals surface area contributed by atoms with Gasteiger partial charge in [0.1, 0.15) is 5.69 Å². The summed E-state index contributed by atoms with van der Waals surface area (Å²) in [5.41, 5.74) is -12.6. The number of benzene rings is 2. The van der Waals surface area contributed by atoms with Crippen LogP contribution >= 0.6 is 0 Å².